The maximum atomic E-state index is 14.5. The molecular formula is C22H29FN4O4S. The average Bonchev–Trinajstić information content (AvgIpc) is 3.37. The molecule has 32 heavy (non-hydrogen) atoms. The quantitative estimate of drug-likeness (QED) is 0.648. The third-order valence-corrected chi connectivity index (χ3v) is 7.49. The fraction of sp³-hybridized carbons (Fsp3) is 0.591. The predicted octanol–water partition coefficient (Wildman–Crippen LogP) is 2.80. The van der Waals surface area contributed by atoms with E-state index in [1.165, 1.54) is 12.1 Å². The summed E-state index contributed by atoms with van der Waals surface area (Å²) in [6, 6.07) is 4.08. The van der Waals surface area contributed by atoms with E-state index in [2.05, 4.69) is 15.0 Å². The second kappa shape index (κ2) is 8.80. The Bertz CT molecular complexity index is 1090. The number of piperidine rings is 1. The molecule has 0 saturated carbocycles. The van der Waals surface area contributed by atoms with Gasteiger partial charge < -0.3 is 14.3 Å². The number of hydrogen-bond acceptors (Lipinski definition) is 7. The van der Waals surface area contributed by atoms with Crippen molar-refractivity contribution in [1.82, 2.24) is 15.0 Å². The Morgan fingerprint density at radius 2 is 1.91 bits per heavy atom. The van der Waals surface area contributed by atoms with Crippen LogP contribution in [0.1, 0.15) is 50.5 Å². The van der Waals surface area contributed by atoms with Crippen molar-refractivity contribution in [2.75, 3.05) is 30.8 Å². The number of halogens is 1. The molecule has 0 spiro atoms. The highest BCUT2D eigenvalue weighted by Crippen LogP contribution is 2.30. The summed E-state index contributed by atoms with van der Waals surface area (Å²) in [5, 5.41) is 4.07. The molecule has 3 heterocycles. The number of nitrogens with zero attached hydrogens (tertiary/aromatic N) is 4. The molecule has 1 aromatic heterocycles. The van der Waals surface area contributed by atoms with Gasteiger partial charge in [-0.05, 0) is 48.5 Å². The van der Waals surface area contributed by atoms with Crippen LogP contribution in [-0.2, 0) is 21.1 Å². The molecule has 8 nitrogen and oxygen atoms in total. The minimum Gasteiger partial charge on any atom is -0.339 e. The van der Waals surface area contributed by atoms with E-state index in [0.29, 0.717) is 30.4 Å². The van der Waals surface area contributed by atoms with Gasteiger partial charge in [-0.2, -0.15) is 4.98 Å². The van der Waals surface area contributed by atoms with Crippen molar-refractivity contribution < 1.29 is 22.1 Å². The molecule has 0 radical (unpaired) electrons. The minimum absolute atomic E-state index is 0.0491. The number of carbonyl (C=O) groups excluding carboxylic acids is 1. The lowest BCUT2D eigenvalue weighted by Crippen LogP contribution is -2.46. The van der Waals surface area contributed by atoms with Crippen LogP contribution in [0.5, 0.6) is 0 Å². The first-order chi connectivity index (χ1) is 15.1. The molecule has 0 N–H and O–H groups in total. The topological polar surface area (TPSA) is 96.6 Å². The Kier molecular flexibility index (Phi) is 6.24. The molecule has 4 rings (SSSR count). The maximum absolute atomic E-state index is 14.5. The third-order valence-electron chi connectivity index (χ3n) is 6.38. The zero-order chi connectivity index (χ0) is 23.0. The second-order valence-corrected chi connectivity index (χ2v) is 11.1. The summed E-state index contributed by atoms with van der Waals surface area (Å²) in [6.07, 6.45) is 3.65. The average molecular weight is 465 g/mol. The van der Waals surface area contributed by atoms with Gasteiger partial charge in [0.15, 0.2) is 9.84 Å². The highest BCUT2D eigenvalue weighted by Gasteiger charge is 2.38. The number of aromatic nitrogens is 2. The molecule has 2 aromatic rings. The van der Waals surface area contributed by atoms with Gasteiger partial charge in [0.1, 0.15) is 5.82 Å². The van der Waals surface area contributed by atoms with E-state index in [1.807, 2.05) is 18.7 Å². The fourth-order valence-corrected chi connectivity index (χ4v) is 5.10. The van der Waals surface area contributed by atoms with Crippen molar-refractivity contribution >= 4 is 21.7 Å². The minimum atomic E-state index is -3.47. The van der Waals surface area contributed by atoms with Crippen LogP contribution < -0.4 is 4.90 Å². The lowest BCUT2D eigenvalue weighted by molar-refractivity contribution is -0.133. The monoisotopic (exact) mass is 464 g/mol. The lowest BCUT2D eigenvalue weighted by atomic mass is 9.97. The van der Waals surface area contributed by atoms with Crippen LogP contribution in [-0.4, -0.2) is 61.3 Å². The summed E-state index contributed by atoms with van der Waals surface area (Å²) < 4.78 is 43.0. The van der Waals surface area contributed by atoms with Crippen LogP contribution in [0, 0.1) is 11.7 Å². The Hall–Kier alpha value is -2.49. The van der Waals surface area contributed by atoms with Crippen LogP contribution in [0.25, 0.3) is 0 Å². The molecule has 0 unspecified atom stereocenters. The Labute approximate surface area is 187 Å². The van der Waals surface area contributed by atoms with E-state index in [1.54, 1.807) is 0 Å². The summed E-state index contributed by atoms with van der Waals surface area (Å²) in [5.41, 5.74) is 0.380. The predicted molar refractivity (Wildman–Crippen MR) is 117 cm³/mol. The maximum Gasteiger partial charge on any atom is 0.266 e. The van der Waals surface area contributed by atoms with Crippen molar-refractivity contribution in [2.24, 2.45) is 5.92 Å². The molecule has 10 heteroatoms. The van der Waals surface area contributed by atoms with Gasteiger partial charge in [0.05, 0.1) is 4.90 Å². The van der Waals surface area contributed by atoms with E-state index >= 15 is 0 Å². The number of rotatable bonds is 6. The number of benzene rings is 1. The first-order valence-corrected chi connectivity index (χ1v) is 12.9. The molecule has 0 bridgehead atoms. The molecule has 2 saturated heterocycles. The molecular weight excluding hydrogens is 435 g/mol. The van der Waals surface area contributed by atoms with E-state index in [0.717, 1.165) is 38.3 Å². The smallest absolute Gasteiger partial charge is 0.266 e. The third kappa shape index (κ3) is 4.65. The zero-order valence-corrected chi connectivity index (χ0v) is 19.4. The number of sulfone groups is 1. The van der Waals surface area contributed by atoms with E-state index in [-0.39, 0.29) is 35.1 Å². The van der Waals surface area contributed by atoms with Crippen molar-refractivity contribution in [3.8, 4) is 0 Å². The molecule has 1 aromatic carbocycles. The number of carbonyl (C=O) groups is 1. The van der Waals surface area contributed by atoms with Crippen LogP contribution in [0.4, 0.5) is 10.3 Å². The van der Waals surface area contributed by atoms with Gasteiger partial charge in [0.25, 0.3) is 5.95 Å². The van der Waals surface area contributed by atoms with E-state index in [9.17, 15) is 17.6 Å². The fourth-order valence-electron chi connectivity index (χ4n) is 4.47. The van der Waals surface area contributed by atoms with Gasteiger partial charge in [-0.15, -0.1) is 0 Å². The van der Waals surface area contributed by atoms with Gasteiger partial charge in [-0.1, -0.05) is 19.9 Å². The van der Waals surface area contributed by atoms with Gasteiger partial charge in [-0.3, -0.25) is 4.79 Å². The van der Waals surface area contributed by atoms with Gasteiger partial charge in [0, 0.05) is 43.8 Å². The normalized spacial score (nSPS) is 20.5. The van der Waals surface area contributed by atoms with Gasteiger partial charge in [0.2, 0.25) is 11.8 Å². The Balaban J connectivity index is 1.35. The molecule has 2 aliphatic heterocycles. The molecule has 1 atom stereocenters. The highest BCUT2D eigenvalue weighted by molar-refractivity contribution is 7.90. The van der Waals surface area contributed by atoms with Gasteiger partial charge >= 0.3 is 0 Å². The van der Waals surface area contributed by atoms with Crippen LogP contribution in [0.15, 0.2) is 27.6 Å². The Morgan fingerprint density at radius 3 is 2.50 bits per heavy atom. The SMILES string of the molecule is CC(C)c1nc(N2CCC(N3CC[C@H](Cc4ccc(S(C)(=O)=O)cc4F)C3=O)CC2)no1. The summed E-state index contributed by atoms with van der Waals surface area (Å²) in [5.74, 6) is 0.602. The van der Waals surface area contributed by atoms with Crippen molar-refractivity contribution in [3.05, 3.63) is 35.5 Å². The van der Waals surface area contributed by atoms with E-state index in [4.69, 9.17) is 4.52 Å². The first-order valence-electron chi connectivity index (χ1n) is 11.0. The molecule has 1 amide bonds. The zero-order valence-electron chi connectivity index (χ0n) is 18.6. The van der Waals surface area contributed by atoms with Crippen LogP contribution in [0.2, 0.25) is 0 Å². The van der Waals surface area contributed by atoms with E-state index < -0.39 is 15.7 Å². The number of anilines is 1. The second-order valence-electron chi connectivity index (χ2n) is 9.05. The molecule has 2 aliphatic rings. The van der Waals surface area contributed by atoms with Crippen molar-refractivity contribution in [2.45, 2.75) is 56.4 Å². The number of hydrogen-bond donors (Lipinski definition) is 0. The number of amides is 1. The largest absolute Gasteiger partial charge is 0.339 e. The first kappa shape index (κ1) is 22.7. The van der Waals surface area contributed by atoms with Crippen molar-refractivity contribution in [3.63, 3.8) is 0 Å². The molecule has 0 aliphatic carbocycles. The van der Waals surface area contributed by atoms with Crippen LogP contribution in [0.3, 0.4) is 0 Å². The lowest BCUT2D eigenvalue weighted by Gasteiger charge is -2.36. The summed E-state index contributed by atoms with van der Waals surface area (Å²) in [4.78, 5) is 21.5. The highest BCUT2D eigenvalue weighted by atomic mass is 32.2. The molecule has 174 valence electrons. The van der Waals surface area contributed by atoms with Crippen molar-refractivity contribution in [1.29, 1.82) is 0 Å². The Morgan fingerprint density at radius 1 is 1.19 bits per heavy atom. The summed E-state index contributed by atoms with van der Waals surface area (Å²) in [7, 11) is -3.47. The molecule has 2 fully saturated rings. The summed E-state index contributed by atoms with van der Waals surface area (Å²) >= 11 is 0. The van der Waals surface area contributed by atoms with Gasteiger partial charge in [-0.25, -0.2) is 12.8 Å². The number of likely N-dealkylation sites (tertiary alicyclic amines) is 1. The standard InChI is InChI=1S/C22H29FN4O4S/c1-14(2)20-24-22(25-31-20)26-9-7-17(8-10-26)27-11-6-16(21(27)28)12-15-4-5-18(13-19(15)23)32(3,29)30/h4-5,13-14,16-17H,6-12H2,1-3H3/t16-/m1/s1. The summed E-state index contributed by atoms with van der Waals surface area (Å²) in [6.45, 7) is 6.17. The van der Waals surface area contributed by atoms with Crippen LogP contribution >= 0.6 is 0 Å².